The molecule has 256 valence electrons. The third kappa shape index (κ3) is 8.86. The summed E-state index contributed by atoms with van der Waals surface area (Å²) < 4.78 is 51.4. The van der Waals surface area contributed by atoms with E-state index < -0.39 is 60.2 Å². The lowest BCUT2D eigenvalue weighted by molar-refractivity contribution is 0.101. The van der Waals surface area contributed by atoms with E-state index in [9.17, 15) is 4.80 Å². The van der Waals surface area contributed by atoms with Crippen LogP contribution >= 0.6 is 0 Å². The molecular formula is C33H48O8Si7. The minimum Gasteiger partial charge on any atom is -0.413 e. The molecule has 48 heavy (non-hydrogen) atoms. The van der Waals surface area contributed by atoms with Gasteiger partial charge in [0, 0.05) is 20.7 Å². The van der Waals surface area contributed by atoms with Crippen molar-refractivity contribution in [2.45, 2.75) is 58.9 Å². The molecule has 4 aromatic rings. The van der Waals surface area contributed by atoms with Crippen LogP contribution in [0.3, 0.4) is 0 Å². The second kappa shape index (κ2) is 14.0. The highest BCUT2D eigenvalue weighted by Crippen LogP contribution is 2.36. The number of hydrogen-bond acceptors (Lipinski definition) is 8. The molecule has 8 nitrogen and oxygen atoms in total. The van der Waals surface area contributed by atoms with Crippen LogP contribution in [0.5, 0.6) is 0 Å². The molecule has 1 heterocycles. The lowest BCUT2D eigenvalue weighted by Crippen LogP contribution is -2.84. The van der Waals surface area contributed by atoms with E-state index in [0.717, 1.165) is 5.19 Å². The molecule has 1 aliphatic rings. The smallest absolute Gasteiger partial charge is 0.413 e. The Labute approximate surface area is 293 Å². The summed E-state index contributed by atoms with van der Waals surface area (Å²) in [6.07, 6.45) is 0. The van der Waals surface area contributed by atoms with Crippen LogP contribution in [0.1, 0.15) is 0 Å². The lowest BCUT2D eigenvalue weighted by atomic mass is 10.4. The maximum absolute atomic E-state index is 13.2. The van der Waals surface area contributed by atoms with E-state index in [-0.39, 0.29) is 0 Å². The van der Waals surface area contributed by atoms with Crippen LogP contribution in [-0.4, -0.2) is 65.0 Å². The van der Waals surface area contributed by atoms with Crippen molar-refractivity contribution in [3.63, 3.8) is 0 Å². The largest absolute Gasteiger partial charge is 0.520 e. The quantitative estimate of drug-likeness (QED) is 0.226. The van der Waals surface area contributed by atoms with Crippen LogP contribution < -0.4 is 20.7 Å². The Morgan fingerprint density at radius 2 is 0.604 bits per heavy atom. The second-order valence-electron chi connectivity index (χ2n) is 14.8. The molecule has 0 aromatic heterocycles. The van der Waals surface area contributed by atoms with E-state index in [1.54, 1.807) is 0 Å². The summed E-state index contributed by atoms with van der Waals surface area (Å²) in [5, 5.41) is 2.61. The Bertz CT molecular complexity index is 1560. The van der Waals surface area contributed by atoms with Gasteiger partial charge in [-0.2, -0.15) is 0 Å². The average Bonchev–Trinajstić information content (AvgIpc) is 2.99. The monoisotopic (exact) mass is 768 g/mol. The van der Waals surface area contributed by atoms with E-state index in [4.69, 9.17) is 28.8 Å². The highest BCUT2D eigenvalue weighted by atomic mass is 28.6. The molecule has 1 aliphatic heterocycles. The summed E-state index contributed by atoms with van der Waals surface area (Å²) in [7, 11) is -24.4. The van der Waals surface area contributed by atoms with E-state index in [0.29, 0.717) is 15.6 Å². The SMILES string of the molecule is C[Si](C)(C)O[Si]1(c2ccccc2)O[Si](O)(c2ccccc2)O[Si](O[Si](C)(C)C)(c2ccccc2)O[Si](O[Si](C)(C)C)(c2ccccc2)O1. The zero-order chi connectivity index (χ0) is 34.9. The van der Waals surface area contributed by atoms with Gasteiger partial charge in [0.25, 0.3) is 0 Å². The Morgan fingerprint density at radius 1 is 0.375 bits per heavy atom. The van der Waals surface area contributed by atoms with Crippen LogP contribution in [0.15, 0.2) is 121 Å². The van der Waals surface area contributed by atoms with Crippen molar-refractivity contribution in [1.82, 2.24) is 0 Å². The molecule has 0 saturated carbocycles. The summed E-state index contributed by atoms with van der Waals surface area (Å²) in [6, 6.07) is 38.4. The molecule has 1 fully saturated rings. The van der Waals surface area contributed by atoms with Crippen molar-refractivity contribution in [3.05, 3.63) is 121 Å². The first-order chi connectivity index (χ1) is 22.4. The zero-order valence-electron chi connectivity index (χ0n) is 29.4. The third-order valence-electron chi connectivity index (χ3n) is 6.93. The molecular weight excluding hydrogens is 721 g/mol. The standard InChI is InChI=1S/C33H48O8Si7/c1-42(2,3)35-46(31-24-16-11-17-25-31)38-45(34,30-22-14-10-15-23-30)39-47(36-43(4,5)6,32-26-18-12-19-27-32)41-48(40-46,37-44(7,8)9)33-28-20-13-21-29-33/h10-29,34H,1-9H3. The molecule has 2 unspecified atom stereocenters. The summed E-state index contributed by atoms with van der Waals surface area (Å²) in [5.41, 5.74) is 0. The summed E-state index contributed by atoms with van der Waals surface area (Å²) in [4.78, 5) is 13.2. The molecule has 1 N–H and O–H groups in total. The first-order valence-electron chi connectivity index (χ1n) is 16.2. The topological polar surface area (TPSA) is 84.8 Å². The molecule has 0 bridgehead atoms. The fraction of sp³-hybridized carbons (Fsp3) is 0.273. The van der Waals surface area contributed by atoms with Crippen molar-refractivity contribution in [1.29, 1.82) is 0 Å². The van der Waals surface area contributed by atoms with Gasteiger partial charge < -0.3 is 33.6 Å². The van der Waals surface area contributed by atoms with Crippen molar-refractivity contribution < 1.29 is 33.6 Å². The molecule has 4 aromatic carbocycles. The Balaban J connectivity index is 1.93. The van der Waals surface area contributed by atoms with E-state index in [1.165, 1.54) is 0 Å². The maximum atomic E-state index is 13.2. The maximum Gasteiger partial charge on any atom is 0.520 e. The van der Waals surface area contributed by atoms with Crippen molar-refractivity contribution >= 4 is 80.9 Å². The molecule has 0 spiro atoms. The van der Waals surface area contributed by atoms with E-state index in [1.807, 2.05) is 121 Å². The normalized spacial score (nSPS) is 27.2. The van der Waals surface area contributed by atoms with Gasteiger partial charge in [0.1, 0.15) is 0 Å². The van der Waals surface area contributed by atoms with Crippen molar-refractivity contribution in [2.24, 2.45) is 0 Å². The summed E-state index contributed by atoms with van der Waals surface area (Å²) in [6.45, 7) is 18.9. The molecule has 2 atom stereocenters. The second-order valence-corrected chi connectivity index (χ2v) is 40.0. The van der Waals surface area contributed by atoms with E-state index >= 15 is 0 Å². The number of rotatable bonds is 10. The summed E-state index contributed by atoms with van der Waals surface area (Å²) in [5.74, 6) is 0. The predicted octanol–water partition coefficient (Wildman–Crippen LogP) is 5.00. The minimum atomic E-state index is -4.51. The first kappa shape index (κ1) is 37.3. The van der Waals surface area contributed by atoms with Gasteiger partial charge in [0.2, 0.25) is 0 Å². The van der Waals surface area contributed by atoms with Crippen LogP contribution in [-0.2, 0) is 28.8 Å². The van der Waals surface area contributed by atoms with Crippen LogP contribution in [0, 0.1) is 0 Å². The number of benzene rings is 4. The van der Waals surface area contributed by atoms with Crippen molar-refractivity contribution in [2.75, 3.05) is 0 Å². The van der Waals surface area contributed by atoms with Crippen LogP contribution in [0.25, 0.3) is 0 Å². The Kier molecular flexibility index (Phi) is 10.9. The fourth-order valence-electron chi connectivity index (χ4n) is 5.36. The highest BCUT2D eigenvalue weighted by Gasteiger charge is 2.71. The summed E-state index contributed by atoms with van der Waals surface area (Å²) >= 11 is 0. The van der Waals surface area contributed by atoms with E-state index in [2.05, 4.69) is 58.9 Å². The van der Waals surface area contributed by atoms with Gasteiger partial charge in [-0.1, -0.05) is 121 Å². The van der Waals surface area contributed by atoms with Crippen molar-refractivity contribution in [3.8, 4) is 0 Å². The first-order valence-corrected chi connectivity index (χ1v) is 33.4. The van der Waals surface area contributed by atoms with Gasteiger partial charge in [-0.15, -0.1) is 0 Å². The Hall–Kier alpha value is -1.92. The molecule has 0 aliphatic carbocycles. The number of hydrogen-bond donors (Lipinski definition) is 1. The zero-order valence-corrected chi connectivity index (χ0v) is 36.4. The molecule has 0 radical (unpaired) electrons. The minimum absolute atomic E-state index is 0.496. The lowest BCUT2D eigenvalue weighted by Gasteiger charge is -2.52. The average molecular weight is 769 g/mol. The van der Waals surface area contributed by atoms with Gasteiger partial charge in [-0.3, -0.25) is 0 Å². The predicted molar refractivity (Wildman–Crippen MR) is 207 cm³/mol. The van der Waals surface area contributed by atoms with Gasteiger partial charge in [0.15, 0.2) is 25.0 Å². The molecule has 15 heteroatoms. The van der Waals surface area contributed by atoms with Crippen LogP contribution in [0.2, 0.25) is 58.9 Å². The molecule has 1 saturated heterocycles. The highest BCUT2D eigenvalue weighted by molar-refractivity contribution is 7.05. The van der Waals surface area contributed by atoms with Gasteiger partial charge in [-0.05, 0) is 58.9 Å². The molecule has 0 amide bonds. The fourth-order valence-corrected chi connectivity index (χ4v) is 33.8. The Morgan fingerprint density at radius 3 is 0.854 bits per heavy atom. The third-order valence-corrected chi connectivity index (χ3v) is 30.3. The van der Waals surface area contributed by atoms with Crippen LogP contribution in [0.4, 0.5) is 0 Å². The molecule has 5 rings (SSSR count). The van der Waals surface area contributed by atoms with Gasteiger partial charge in [-0.25, -0.2) is 0 Å². The van der Waals surface area contributed by atoms with Gasteiger partial charge in [0.05, 0.1) is 0 Å². The van der Waals surface area contributed by atoms with Gasteiger partial charge >= 0.3 is 35.2 Å².